The highest BCUT2D eigenvalue weighted by Crippen LogP contribution is 2.18. The number of rotatable bonds is 1. The molecule has 0 unspecified atom stereocenters. The minimum atomic E-state index is 0.0994. The van der Waals surface area contributed by atoms with Crippen molar-refractivity contribution >= 4 is 16.9 Å². The van der Waals surface area contributed by atoms with E-state index in [1.165, 1.54) is 0 Å². The molecule has 5 nitrogen and oxygen atoms in total. The van der Waals surface area contributed by atoms with Gasteiger partial charge in [0.25, 0.3) is 5.91 Å². The molecule has 0 bridgehead atoms. The van der Waals surface area contributed by atoms with E-state index in [9.17, 15) is 4.79 Å². The summed E-state index contributed by atoms with van der Waals surface area (Å²) in [6.07, 6.45) is 3.49. The number of carbonyl (C=O) groups excluding carboxylic acids is 1. The van der Waals surface area contributed by atoms with Gasteiger partial charge in [0.1, 0.15) is 5.65 Å². The predicted molar refractivity (Wildman–Crippen MR) is 69.5 cm³/mol. The fourth-order valence-corrected chi connectivity index (χ4v) is 2.31. The Hall–Kier alpha value is -1.88. The Morgan fingerprint density at radius 2 is 2.11 bits per heavy atom. The van der Waals surface area contributed by atoms with Gasteiger partial charge in [-0.15, -0.1) is 0 Å². The van der Waals surface area contributed by atoms with Gasteiger partial charge >= 0.3 is 0 Å². The summed E-state index contributed by atoms with van der Waals surface area (Å²) in [6.45, 7) is 3.46. The normalized spacial score (nSPS) is 17.3. The van der Waals surface area contributed by atoms with E-state index in [1.807, 2.05) is 17.0 Å². The number of H-pyrrole nitrogens is 1. The molecular weight excluding hydrogens is 228 g/mol. The maximum Gasteiger partial charge on any atom is 0.256 e. The van der Waals surface area contributed by atoms with Crippen molar-refractivity contribution in [3.05, 3.63) is 30.1 Å². The lowest BCUT2D eigenvalue weighted by molar-refractivity contribution is 0.0666. The minimum Gasteiger partial charge on any atom is -0.345 e. The summed E-state index contributed by atoms with van der Waals surface area (Å²) in [6, 6.07) is 3.79. The van der Waals surface area contributed by atoms with Crippen LogP contribution in [0.3, 0.4) is 0 Å². The highest BCUT2D eigenvalue weighted by Gasteiger charge is 2.22. The highest BCUT2D eigenvalue weighted by molar-refractivity contribution is 6.05. The molecular formula is C13H16N4O. The molecule has 1 saturated heterocycles. The number of pyridine rings is 1. The van der Waals surface area contributed by atoms with Gasteiger partial charge in [0.2, 0.25) is 0 Å². The number of aromatic nitrogens is 2. The number of piperazine rings is 1. The lowest BCUT2D eigenvalue weighted by Crippen LogP contribution is -2.47. The van der Waals surface area contributed by atoms with Crippen LogP contribution in [0.25, 0.3) is 11.0 Å². The number of amides is 1. The Labute approximate surface area is 105 Å². The Morgan fingerprint density at radius 3 is 2.89 bits per heavy atom. The SMILES string of the molecule is CN1CCN(C(=O)c2c[nH]c3ncccc23)CC1. The first-order valence-corrected chi connectivity index (χ1v) is 6.15. The molecule has 0 radical (unpaired) electrons. The van der Waals surface area contributed by atoms with Crippen molar-refractivity contribution in [1.29, 1.82) is 0 Å². The molecule has 5 heteroatoms. The molecule has 2 aromatic rings. The van der Waals surface area contributed by atoms with Crippen molar-refractivity contribution in [2.24, 2.45) is 0 Å². The molecule has 1 aliphatic heterocycles. The number of carbonyl (C=O) groups is 1. The third kappa shape index (κ3) is 1.86. The fraction of sp³-hybridized carbons (Fsp3) is 0.385. The number of fused-ring (bicyclic) bond motifs is 1. The maximum absolute atomic E-state index is 12.4. The summed E-state index contributed by atoms with van der Waals surface area (Å²) in [5, 5.41) is 0.904. The van der Waals surface area contributed by atoms with E-state index in [0.717, 1.165) is 42.8 Å². The lowest BCUT2D eigenvalue weighted by atomic mass is 10.2. The van der Waals surface area contributed by atoms with Gasteiger partial charge < -0.3 is 14.8 Å². The number of hydrogen-bond donors (Lipinski definition) is 1. The highest BCUT2D eigenvalue weighted by atomic mass is 16.2. The molecule has 1 fully saturated rings. The number of aromatic amines is 1. The minimum absolute atomic E-state index is 0.0994. The van der Waals surface area contributed by atoms with Gasteiger partial charge in [-0.3, -0.25) is 4.79 Å². The van der Waals surface area contributed by atoms with Gasteiger partial charge in [0.15, 0.2) is 0 Å². The Balaban J connectivity index is 1.88. The molecule has 0 spiro atoms. The Kier molecular flexibility index (Phi) is 2.76. The van der Waals surface area contributed by atoms with Crippen molar-refractivity contribution in [2.45, 2.75) is 0 Å². The van der Waals surface area contributed by atoms with Crippen LogP contribution in [0.5, 0.6) is 0 Å². The van der Waals surface area contributed by atoms with Gasteiger partial charge in [0, 0.05) is 44.0 Å². The molecule has 0 atom stereocenters. The van der Waals surface area contributed by atoms with E-state index in [4.69, 9.17) is 0 Å². The van der Waals surface area contributed by atoms with Gasteiger partial charge in [-0.1, -0.05) is 0 Å². The average Bonchev–Trinajstić information content (AvgIpc) is 2.82. The van der Waals surface area contributed by atoms with Crippen LogP contribution < -0.4 is 0 Å². The van der Waals surface area contributed by atoms with Crippen molar-refractivity contribution in [3.8, 4) is 0 Å². The molecule has 0 aromatic carbocycles. The van der Waals surface area contributed by atoms with E-state index < -0.39 is 0 Å². The zero-order valence-corrected chi connectivity index (χ0v) is 10.4. The topological polar surface area (TPSA) is 52.2 Å². The summed E-state index contributed by atoms with van der Waals surface area (Å²) >= 11 is 0. The lowest BCUT2D eigenvalue weighted by Gasteiger charge is -2.32. The van der Waals surface area contributed by atoms with Crippen molar-refractivity contribution < 1.29 is 4.79 Å². The molecule has 18 heavy (non-hydrogen) atoms. The smallest absolute Gasteiger partial charge is 0.256 e. The van der Waals surface area contributed by atoms with Gasteiger partial charge in [0.05, 0.1) is 5.56 Å². The van der Waals surface area contributed by atoms with E-state index in [2.05, 4.69) is 21.9 Å². The molecule has 1 aliphatic rings. The molecule has 0 saturated carbocycles. The third-order valence-corrected chi connectivity index (χ3v) is 3.47. The van der Waals surface area contributed by atoms with E-state index in [0.29, 0.717) is 0 Å². The summed E-state index contributed by atoms with van der Waals surface area (Å²) in [7, 11) is 2.08. The summed E-state index contributed by atoms with van der Waals surface area (Å²) in [5.74, 6) is 0.0994. The van der Waals surface area contributed by atoms with Crippen LogP contribution >= 0.6 is 0 Å². The first-order chi connectivity index (χ1) is 8.75. The first-order valence-electron chi connectivity index (χ1n) is 6.15. The monoisotopic (exact) mass is 244 g/mol. The molecule has 2 aromatic heterocycles. The molecule has 0 aliphatic carbocycles. The average molecular weight is 244 g/mol. The Bertz CT molecular complexity index is 569. The number of hydrogen-bond acceptors (Lipinski definition) is 3. The quantitative estimate of drug-likeness (QED) is 0.812. The van der Waals surface area contributed by atoms with Gasteiger partial charge in [-0.05, 0) is 19.2 Å². The van der Waals surface area contributed by atoms with E-state index >= 15 is 0 Å². The predicted octanol–water partition coefficient (Wildman–Crippen LogP) is 0.950. The largest absolute Gasteiger partial charge is 0.345 e. The van der Waals surface area contributed by atoms with Crippen LogP contribution in [0.4, 0.5) is 0 Å². The summed E-state index contributed by atoms with van der Waals surface area (Å²) in [5.41, 5.74) is 1.50. The van der Waals surface area contributed by atoms with Crippen molar-refractivity contribution in [1.82, 2.24) is 19.8 Å². The molecule has 3 rings (SSSR count). The van der Waals surface area contributed by atoms with Crippen LogP contribution in [0.1, 0.15) is 10.4 Å². The van der Waals surface area contributed by atoms with E-state index in [1.54, 1.807) is 12.4 Å². The van der Waals surface area contributed by atoms with Crippen LogP contribution in [-0.4, -0.2) is 58.9 Å². The zero-order valence-electron chi connectivity index (χ0n) is 10.4. The number of nitrogens with one attached hydrogen (secondary N) is 1. The van der Waals surface area contributed by atoms with Crippen LogP contribution in [-0.2, 0) is 0 Å². The number of likely N-dealkylation sites (N-methyl/N-ethyl adjacent to an activating group) is 1. The Morgan fingerprint density at radius 1 is 1.33 bits per heavy atom. The second-order valence-corrected chi connectivity index (χ2v) is 4.70. The third-order valence-electron chi connectivity index (χ3n) is 3.47. The summed E-state index contributed by atoms with van der Waals surface area (Å²) < 4.78 is 0. The van der Waals surface area contributed by atoms with Gasteiger partial charge in [-0.25, -0.2) is 4.98 Å². The van der Waals surface area contributed by atoms with Gasteiger partial charge in [-0.2, -0.15) is 0 Å². The van der Waals surface area contributed by atoms with Crippen LogP contribution in [0.15, 0.2) is 24.5 Å². The standard InChI is InChI=1S/C13H16N4O/c1-16-5-7-17(8-6-16)13(18)11-9-15-12-10(11)3-2-4-14-12/h2-4,9H,5-8H2,1H3,(H,14,15). The van der Waals surface area contributed by atoms with Crippen molar-refractivity contribution in [2.75, 3.05) is 33.2 Å². The number of nitrogens with zero attached hydrogens (tertiary/aromatic N) is 3. The molecule has 94 valence electrons. The second kappa shape index (κ2) is 4.42. The molecule has 3 heterocycles. The zero-order chi connectivity index (χ0) is 12.5. The molecule has 1 amide bonds. The molecule has 1 N–H and O–H groups in total. The first kappa shape index (κ1) is 11.2. The van der Waals surface area contributed by atoms with Crippen LogP contribution in [0, 0.1) is 0 Å². The van der Waals surface area contributed by atoms with Crippen molar-refractivity contribution in [3.63, 3.8) is 0 Å². The second-order valence-electron chi connectivity index (χ2n) is 4.70. The maximum atomic E-state index is 12.4. The fourth-order valence-electron chi connectivity index (χ4n) is 2.31. The summed E-state index contributed by atoms with van der Waals surface area (Å²) in [4.78, 5) is 23.8. The van der Waals surface area contributed by atoms with Crippen LogP contribution in [0.2, 0.25) is 0 Å². The van der Waals surface area contributed by atoms with E-state index in [-0.39, 0.29) is 5.91 Å².